The summed E-state index contributed by atoms with van der Waals surface area (Å²) < 4.78 is 10.5. The summed E-state index contributed by atoms with van der Waals surface area (Å²) in [7, 11) is -1.44. The van der Waals surface area contributed by atoms with E-state index in [4.69, 9.17) is 19.5 Å². The maximum Gasteiger partial charge on any atom is 0.488 e. The molecule has 0 aliphatic carbocycles. The smallest absolute Gasteiger partial charge is 0.423 e. The third kappa shape index (κ3) is 2.57. The normalized spacial score (nSPS) is 16.1. The van der Waals surface area contributed by atoms with Gasteiger partial charge in [0.05, 0.1) is 19.8 Å². The minimum absolute atomic E-state index is 0.147. The highest BCUT2D eigenvalue weighted by Gasteiger charge is 2.20. The number of ether oxygens (including phenoxy) is 2. The molecule has 1 aromatic rings. The van der Waals surface area contributed by atoms with Crippen molar-refractivity contribution in [1.29, 1.82) is 0 Å². The molecule has 4 nitrogen and oxygen atoms in total. The Morgan fingerprint density at radius 1 is 1.33 bits per heavy atom. The summed E-state index contributed by atoms with van der Waals surface area (Å²) in [5.41, 5.74) is 1.30. The van der Waals surface area contributed by atoms with Gasteiger partial charge in [-0.3, -0.25) is 0 Å². The van der Waals surface area contributed by atoms with E-state index in [0.29, 0.717) is 25.3 Å². The zero-order valence-electron chi connectivity index (χ0n) is 8.30. The number of hydrogen-bond donors (Lipinski definition) is 2. The number of hydrogen-bond acceptors (Lipinski definition) is 4. The van der Waals surface area contributed by atoms with Crippen LogP contribution < -0.4 is 5.46 Å². The van der Waals surface area contributed by atoms with E-state index in [1.54, 1.807) is 12.1 Å². The Balaban J connectivity index is 1.99. The Kier molecular flexibility index (Phi) is 3.38. The van der Waals surface area contributed by atoms with E-state index in [1.807, 2.05) is 12.1 Å². The minimum atomic E-state index is -1.44. The monoisotopic (exact) mass is 208 g/mol. The summed E-state index contributed by atoms with van der Waals surface area (Å²) in [6.07, 6.45) is 0.147. The molecule has 0 saturated carbocycles. The standard InChI is InChI=1S/C10H13BO4/c12-11(13)10-4-2-1-3-8(10)5-15-9-6-14-7-9/h1-4,9,12-13H,5-7H2. The van der Waals surface area contributed by atoms with E-state index in [9.17, 15) is 0 Å². The van der Waals surface area contributed by atoms with Crippen LogP contribution in [0, 0.1) is 0 Å². The molecule has 0 aromatic heterocycles. The van der Waals surface area contributed by atoms with E-state index in [1.165, 1.54) is 0 Å². The van der Waals surface area contributed by atoms with Crippen molar-refractivity contribution in [2.75, 3.05) is 13.2 Å². The zero-order valence-corrected chi connectivity index (χ0v) is 8.30. The fourth-order valence-electron chi connectivity index (χ4n) is 1.44. The molecule has 1 fully saturated rings. The van der Waals surface area contributed by atoms with Gasteiger partial charge >= 0.3 is 7.12 Å². The highest BCUT2D eigenvalue weighted by atomic mass is 16.6. The van der Waals surface area contributed by atoms with Crippen molar-refractivity contribution in [3.8, 4) is 0 Å². The third-order valence-electron chi connectivity index (χ3n) is 2.42. The lowest BCUT2D eigenvalue weighted by molar-refractivity contribution is -0.135. The minimum Gasteiger partial charge on any atom is -0.423 e. The van der Waals surface area contributed by atoms with Crippen LogP contribution in [0.5, 0.6) is 0 Å². The topological polar surface area (TPSA) is 58.9 Å². The van der Waals surface area contributed by atoms with Gasteiger partial charge in [-0.15, -0.1) is 0 Å². The van der Waals surface area contributed by atoms with Crippen molar-refractivity contribution in [3.05, 3.63) is 29.8 Å². The van der Waals surface area contributed by atoms with Gasteiger partial charge in [-0.25, -0.2) is 0 Å². The van der Waals surface area contributed by atoms with Gasteiger partial charge in [-0.1, -0.05) is 24.3 Å². The van der Waals surface area contributed by atoms with Crippen molar-refractivity contribution in [1.82, 2.24) is 0 Å². The van der Waals surface area contributed by atoms with Crippen molar-refractivity contribution in [3.63, 3.8) is 0 Å². The number of benzene rings is 1. The van der Waals surface area contributed by atoms with E-state index >= 15 is 0 Å². The molecule has 0 radical (unpaired) electrons. The van der Waals surface area contributed by atoms with E-state index in [0.717, 1.165) is 5.56 Å². The Hall–Kier alpha value is -0.875. The number of rotatable bonds is 4. The Bertz CT molecular complexity index is 325. The Labute approximate surface area is 88.6 Å². The van der Waals surface area contributed by atoms with Gasteiger partial charge in [0.15, 0.2) is 0 Å². The fraction of sp³-hybridized carbons (Fsp3) is 0.400. The van der Waals surface area contributed by atoms with Crippen LogP contribution in [0.2, 0.25) is 0 Å². The average molecular weight is 208 g/mol. The molecule has 1 saturated heterocycles. The molecule has 1 heterocycles. The van der Waals surface area contributed by atoms with Crippen LogP contribution in [-0.2, 0) is 16.1 Å². The quantitative estimate of drug-likeness (QED) is 0.641. The van der Waals surface area contributed by atoms with E-state index < -0.39 is 7.12 Å². The summed E-state index contributed by atoms with van der Waals surface area (Å²) in [5.74, 6) is 0. The van der Waals surface area contributed by atoms with Gasteiger partial charge in [0.2, 0.25) is 0 Å². The molecule has 2 N–H and O–H groups in total. The maximum atomic E-state index is 9.12. The first-order valence-corrected chi connectivity index (χ1v) is 4.90. The van der Waals surface area contributed by atoms with Crippen molar-refractivity contribution in [2.24, 2.45) is 0 Å². The van der Waals surface area contributed by atoms with Crippen LogP contribution in [0.25, 0.3) is 0 Å². The molecule has 1 aliphatic heterocycles. The SMILES string of the molecule is OB(O)c1ccccc1COC1COC1. The van der Waals surface area contributed by atoms with Gasteiger partial charge in [0.1, 0.15) is 6.10 Å². The predicted molar refractivity (Wildman–Crippen MR) is 55.7 cm³/mol. The van der Waals surface area contributed by atoms with Crippen LogP contribution >= 0.6 is 0 Å². The second kappa shape index (κ2) is 4.76. The van der Waals surface area contributed by atoms with Crippen LogP contribution in [0.1, 0.15) is 5.56 Å². The van der Waals surface area contributed by atoms with Crippen molar-refractivity contribution >= 4 is 12.6 Å². The lowest BCUT2D eigenvalue weighted by Gasteiger charge is -2.26. The van der Waals surface area contributed by atoms with Gasteiger partial charge < -0.3 is 19.5 Å². The molecule has 1 aliphatic rings. The largest absolute Gasteiger partial charge is 0.488 e. The third-order valence-corrected chi connectivity index (χ3v) is 2.42. The van der Waals surface area contributed by atoms with Gasteiger partial charge in [0.25, 0.3) is 0 Å². The summed E-state index contributed by atoms with van der Waals surface area (Å²) in [5, 5.41) is 18.2. The Morgan fingerprint density at radius 3 is 2.67 bits per heavy atom. The average Bonchev–Trinajstić information content (AvgIpc) is 2.16. The van der Waals surface area contributed by atoms with Crippen LogP contribution in [-0.4, -0.2) is 36.5 Å². The van der Waals surface area contributed by atoms with Gasteiger partial charge in [-0.2, -0.15) is 0 Å². The first-order valence-electron chi connectivity index (χ1n) is 4.90. The molecule has 5 heteroatoms. The molecule has 2 rings (SSSR count). The molecule has 0 atom stereocenters. The van der Waals surface area contributed by atoms with Gasteiger partial charge in [-0.05, 0) is 11.0 Å². The predicted octanol–water partition coefficient (Wildman–Crippen LogP) is -0.718. The van der Waals surface area contributed by atoms with Crippen molar-refractivity contribution in [2.45, 2.75) is 12.7 Å². The molecule has 1 aromatic carbocycles. The fourth-order valence-corrected chi connectivity index (χ4v) is 1.44. The molecular weight excluding hydrogens is 195 g/mol. The Morgan fingerprint density at radius 2 is 2.07 bits per heavy atom. The van der Waals surface area contributed by atoms with Crippen LogP contribution in [0.4, 0.5) is 0 Å². The molecule has 80 valence electrons. The molecule has 0 unspecified atom stereocenters. The zero-order chi connectivity index (χ0) is 10.7. The van der Waals surface area contributed by atoms with Gasteiger partial charge in [0, 0.05) is 0 Å². The van der Waals surface area contributed by atoms with Crippen LogP contribution in [0.3, 0.4) is 0 Å². The lowest BCUT2D eigenvalue weighted by Crippen LogP contribution is -2.38. The lowest BCUT2D eigenvalue weighted by atomic mass is 9.77. The van der Waals surface area contributed by atoms with Crippen molar-refractivity contribution < 1.29 is 19.5 Å². The first-order chi connectivity index (χ1) is 7.27. The summed E-state index contributed by atoms with van der Waals surface area (Å²) in [6, 6.07) is 7.13. The van der Waals surface area contributed by atoms with E-state index in [2.05, 4.69) is 0 Å². The van der Waals surface area contributed by atoms with Crippen LogP contribution in [0.15, 0.2) is 24.3 Å². The summed E-state index contributed by atoms with van der Waals surface area (Å²) in [6.45, 7) is 1.65. The molecule has 0 spiro atoms. The highest BCUT2D eigenvalue weighted by molar-refractivity contribution is 6.59. The van der Waals surface area contributed by atoms with E-state index in [-0.39, 0.29) is 6.10 Å². The highest BCUT2D eigenvalue weighted by Crippen LogP contribution is 2.08. The summed E-state index contributed by atoms with van der Waals surface area (Å²) >= 11 is 0. The second-order valence-corrected chi connectivity index (χ2v) is 3.54. The first kappa shape index (κ1) is 10.6. The second-order valence-electron chi connectivity index (χ2n) is 3.54. The summed E-state index contributed by atoms with van der Waals surface area (Å²) in [4.78, 5) is 0. The maximum absolute atomic E-state index is 9.12. The molecule has 0 bridgehead atoms. The molecule has 15 heavy (non-hydrogen) atoms. The molecular formula is C10H13BO4. The molecule has 0 amide bonds.